The maximum atomic E-state index is 14.2. The lowest BCUT2D eigenvalue weighted by Crippen LogP contribution is -2.55. The monoisotopic (exact) mass is 286 g/mol. The molecule has 2 aromatic rings. The van der Waals surface area contributed by atoms with Gasteiger partial charge in [-0.05, 0) is 24.1 Å². The maximum Gasteiger partial charge on any atom is 0.131 e. The van der Waals surface area contributed by atoms with Crippen molar-refractivity contribution in [3.63, 3.8) is 0 Å². The first kappa shape index (κ1) is 14.7. The Morgan fingerprint density at radius 3 is 2.05 bits per heavy atom. The van der Waals surface area contributed by atoms with Gasteiger partial charge in [0.1, 0.15) is 5.82 Å². The molecule has 0 aliphatic carbocycles. The van der Waals surface area contributed by atoms with E-state index >= 15 is 0 Å². The number of carbonyl (C=O) groups excluding carboxylic acids is 2. The van der Waals surface area contributed by atoms with Crippen molar-refractivity contribution in [1.82, 2.24) is 0 Å². The fourth-order valence-electron chi connectivity index (χ4n) is 2.00. The third-order valence-corrected chi connectivity index (χ3v) is 3.45. The normalized spacial score (nSPS) is 11.1. The highest BCUT2D eigenvalue weighted by Gasteiger charge is 2.31. The molecule has 0 bridgehead atoms. The molecule has 0 atom stereocenters. The smallest absolute Gasteiger partial charge is 0.131 e. The highest BCUT2D eigenvalue weighted by molar-refractivity contribution is 6.02. The van der Waals surface area contributed by atoms with Crippen LogP contribution in [0.3, 0.4) is 0 Å². The first-order valence-corrected chi connectivity index (χ1v) is 6.15. The molecule has 0 saturated carbocycles. The molecule has 4 nitrogen and oxygen atoms in total. The minimum atomic E-state index is -2.41. The van der Waals surface area contributed by atoms with E-state index in [4.69, 9.17) is 0 Å². The van der Waals surface area contributed by atoms with Crippen molar-refractivity contribution in [1.29, 1.82) is 0 Å². The third kappa shape index (κ3) is 2.50. The molecule has 0 aliphatic heterocycles. The molecule has 0 amide bonds. The summed E-state index contributed by atoms with van der Waals surface area (Å²) >= 11 is 0. The lowest BCUT2D eigenvalue weighted by molar-refractivity contribution is -0.334. The first-order valence-electron chi connectivity index (χ1n) is 6.15. The SMILES string of the molecule is CC(C(=O)[O-])(C(=O)[O-])c1ccc(-c2ccccc2)c(F)c1. The molecule has 2 aromatic carbocycles. The lowest BCUT2D eigenvalue weighted by Gasteiger charge is -2.32. The van der Waals surface area contributed by atoms with E-state index in [1.165, 1.54) is 12.1 Å². The largest absolute Gasteiger partial charge is 0.549 e. The molecule has 0 spiro atoms. The summed E-state index contributed by atoms with van der Waals surface area (Å²) in [5.74, 6) is -4.42. The molecule has 108 valence electrons. The van der Waals surface area contributed by atoms with E-state index in [0.29, 0.717) is 5.56 Å². The topological polar surface area (TPSA) is 80.3 Å². The summed E-state index contributed by atoms with van der Waals surface area (Å²) in [4.78, 5) is 22.1. The summed E-state index contributed by atoms with van der Waals surface area (Å²) in [5.41, 5.74) is -1.79. The molecule has 0 N–H and O–H groups in total. The molecule has 0 radical (unpaired) electrons. The van der Waals surface area contributed by atoms with Crippen molar-refractivity contribution in [3.05, 3.63) is 59.9 Å². The second-order valence-electron chi connectivity index (χ2n) is 4.76. The first-order chi connectivity index (χ1) is 9.87. The highest BCUT2D eigenvalue weighted by atomic mass is 19.1. The summed E-state index contributed by atoms with van der Waals surface area (Å²) in [6.07, 6.45) is 0. The zero-order valence-corrected chi connectivity index (χ0v) is 11.1. The van der Waals surface area contributed by atoms with Crippen LogP contribution in [0, 0.1) is 5.82 Å². The van der Waals surface area contributed by atoms with Crippen molar-refractivity contribution < 1.29 is 24.2 Å². The molecular weight excluding hydrogens is 275 g/mol. The zero-order valence-electron chi connectivity index (χ0n) is 11.1. The van der Waals surface area contributed by atoms with Gasteiger partial charge in [-0.3, -0.25) is 0 Å². The van der Waals surface area contributed by atoms with Crippen molar-refractivity contribution in [2.24, 2.45) is 0 Å². The van der Waals surface area contributed by atoms with E-state index in [-0.39, 0.29) is 11.1 Å². The van der Waals surface area contributed by atoms with Gasteiger partial charge in [-0.2, -0.15) is 0 Å². The van der Waals surface area contributed by atoms with Crippen LogP contribution in [-0.2, 0) is 15.0 Å². The fourth-order valence-corrected chi connectivity index (χ4v) is 2.00. The Bertz CT molecular complexity index is 681. The number of rotatable bonds is 4. The van der Waals surface area contributed by atoms with Crippen LogP contribution < -0.4 is 10.2 Å². The van der Waals surface area contributed by atoms with Crippen LogP contribution in [0.1, 0.15) is 12.5 Å². The molecular formula is C16H11FO4-2. The van der Waals surface area contributed by atoms with Crippen LogP contribution in [-0.4, -0.2) is 11.9 Å². The van der Waals surface area contributed by atoms with Gasteiger partial charge in [0.05, 0.1) is 17.4 Å². The average molecular weight is 286 g/mol. The number of hydrogen-bond donors (Lipinski definition) is 0. The number of benzene rings is 2. The van der Waals surface area contributed by atoms with E-state index in [1.807, 2.05) is 0 Å². The Kier molecular flexibility index (Phi) is 3.76. The van der Waals surface area contributed by atoms with Crippen LogP contribution >= 0.6 is 0 Å². The van der Waals surface area contributed by atoms with E-state index in [2.05, 4.69) is 0 Å². The average Bonchev–Trinajstić information content (AvgIpc) is 2.46. The molecule has 0 aromatic heterocycles. The maximum absolute atomic E-state index is 14.2. The van der Waals surface area contributed by atoms with E-state index in [9.17, 15) is 24.2 Å². The predicted molar refractivity (Wildman–Crippen MR) is 69.2 cm³/mol. The van der Waals surface area contributed by atoms with Gasteiger partial charge in [-0.25, -0.2) is 4.39 Å². The van der Waals surface area contributed by atoms with E-state index in [0.717, 1.165) is 13.0 Å². The number of carboxylic acids is 2. The van der Waals surface area contributed by atoms with Crippen molar-refractivity contribution in [2.75, 3.05) is 0 Å². The van der Waals surface area contributed by atoms with Crippen LogP contribution in [0.15, 0.2) is 48.5 Å². The number of carboxylic acid groups (broad SMARTS) is 2. The predicted octanol–water partition coefficient (Wildman–Crippen LogP) is 0.250. The summed E-state index contributed by atoms with van der Waals surface area (Å²) in [7, 11) is 0. The molecule has 0 fully saturated rings. The Hall–Kier alpha value is -2.69. The van der Waals surface area contributed by atoms with Crippen LogP contribution in [0.25, 0.3) is 11.1 Å². The summed E-state index contributed by atoms with van der Waals surface area (Å²) in [6.45, 7) is 0.911. The lowest BCUT2D eigenvalue weighted by atomic mass is 9.82. The summed E-state index contributed by atoms with van der Waals surface area (Å²) < 4.78 is 14.2. The van der Waals surface area contributed by atoms with E-state index < -0.39 is 23.2 Å². The molecule has 0 aliphatic rings. The van der Waals surface area contributed by atoms with Gasteiger partial charge in [0, 0.05) is 5.56 Å². The van der Waals surface area contributed by atoms with Crippen molar-refractivity contribution in [2.45, 2.75) is 12.3 Å². The van der Waals surface area contributed by atoms with Gasteiger partial charge < -0.3 is 19.8 Å². The van der Waals surface area contributed by atoms with Crippen molar-refractivity contribution in [3.8, 4) is 11.1 Å². The molecule has 2 rings (SSSR count). The second-order valence-corrected chi connectivity index (χ2v) is 4.76. The second kappa shape index (κ2) is 5.36. The standard InChI is InChI=1S/C16H13FO4/c1-16(14(18)19,15(20)21)11-7-8-12(13(17)9-11)10-5-3-2-4-6-10/h2-9H,1H3,(H,18,19)(H,20,21)/p-2. The Morgan fingerprint density at radius 2 is 1.57 bits per heavy atom. The molecule has 0 heterocycles. The minimum absolute atomic E-state index is 0.236. The van der Waals surface area contributed by atoms with Gasteiger partial charge in [0.2, 0.25) is 0 Å². The van der Waals surface area contributed by atoms with Gasteiger partial charge >= 0.3 is 0 Å². The van der Waals surface area contributed by atoms with Gasteiger partial charge in [-0.15, -0.1) is 0 Å². The van der Waals surface area contributed by atoms with Gasteiger partial charge in [0.15, 0.2) is 0 Å². The fraction of sp³-hybridized carbons (Fsp3) is 0.125. The van der Waals surface area contributed by atoms with Gasteiger partial charge in [-0.1, -0.05) is 42.5 Å². The molecule has 0 saturated heterocycles. The van der Waals surface area contributed by atoms with Crippen LogP contribution in [0.4, 0.5) is 4.39 Å². The zero-order chi connectivity index (χ0) is 15.6. The summed E-state index contributed by atoms with van der Waals surface area (Å²) in [6, 6.07) is 12.1. The van der Waals surface area contributed by atoms with E-state index in [1.54, 1.807) is 30.3 Å². The Morgan fingerprint density at radius 1 is 1.00 bits per heavy atom. The Balaban J connectivity index is 2.54. The highest BCUT2D eigenvalue weighted by Crippen LogP contribution is 2.29. The van der Waals surface area contributed by atoms with Crippen LogP contribution in [0.5, 0.6) is 0 Å². The van der Waals surface area contributed by atoms with Gasteiger partial charge in [0.25, 0.3) is 0 Å². The summed E-state index contributed by atoms with van der Waals surface area (Å²) in [5, 5.41) is 22.1. The third-order valence-electron chi connectivity index (χ3n) is 3.45. The molecule has 0 unspecified atom stereocenters. The quantitative estimate of drug-likeness (QED) is 0.755. The molecule has 5 heteroatoms. The number of hydrogen-bond acceptors (Lipinski definition) is 4. The molecule has 21 heavy (non-hydrogen) atoms. The Labute approximate surface area is 120 Å². The number of aliphatic carboxylic acids is 2. The van der Waals surface area contributed by atoms with Crippen molar-refractivity contribution >= 4 is 11.9 Å². The van der Waals surface area contributed by atoms with Crippen LogP contribution in [0.2, 0.25) is 0 Å². The number of halogens is 1. The number of carbonyl (C=O) groups is 2. The minimum Gasteiger partial charge on any atom is -0.549 e.